The zero-order chi connectivity index (χ0) is 33.5. The highest BCUT2D eigenvalue weighted by Crippen LogP contribution is 2.50. The number of methoxy groups -OCH3 is 1. The van der Waals surface area contributed by atoms with Crippen molar-refractivity contribution in [1.82, 2.24) is 0 Å². The maximum Gasteiger partial charge on any atom is 0.305 e. The van der Waals surface area contributed by atoms with Gasteiger partial charge in [0, 0.05) is 31.6 Å². The van der Waals surface area contributed by atoms with E-state index in [0.717, 1.165) is 19.3 Å². The number of allylic oxidation sites excluding steroid dienone is 1. The third-order valence-electron chi connectivity index (χ3n) is 10.3. The summed E-state index contributed by atoms with van der Waals surface area (Å²) in [6.45, 7) is 26.6. The molecule has 1 heterocycles. The molecule has 2 rings (SSSR count). The van der Waals surface area contributed by atoms with E-state index in [-0.39, 0.29) is 52.2 Å². The van der Waals surface area contributed by atoms with Gasteiger partial charge in [0.05, 0.1) is 19.3 Å². The number of ether oxygens (including phenoxy) is 3. The molecule has 0 aromatic carbocycles. The van der Waals surface area contributed by atoms with Gasteiger partial charge in [0.15, 0.2) is 22.7 Å². The molecule has 0 bridgehead atoms. The second-order valence-corrected chi connectivity index (χ2v) is 25.4. The maximum atomic E-state index is 12.4. The number of hydrogen-bond acceptors (Lipinski definition) is 7. The molecule has 2 fully saturated rings. The van der Waals surface area contributed by atoms with Gasteiger partial charge in [-0.15, -0.1) is 0 Å². The average molecular weight is 653 g/mol. The third kappa shape index (κ3) is 10.6. The molecule has 1 saturated heterocycles. The number of esters is 2. The second kappa shape index (κ2) is 15.9. The Kier molecular flexibility index (Phi) is 14.0. The van der Waals surface area contributed by atoms with Crippen LogP contribution >= 0.6 is 0 Å². The van der Waals surface area contributed by atoms with Crippen LogP contribution in [-0.4, -0.2) is 60.1 Å². The van der Waals surface area contributed by atoms with Crippen LogP contribution in [0.5, 0.6) is 0 Å². The van der Waals surface area contributed by atoms with Crippen LogP contribution in [0.4, 0.5) is 0 Å². The number of hydrogen-bond donors (Lipinski definition) is 0. The molecule has 0 N–H and O–H groups in total. The van der Waals surface area contributed by atoms with Crippen LogP contribution in [0.15, 0.2) is 24.0 Å². The SMILES string of the molecule is CCCCC[C@@H](/C=C/[C@@H]1[C@@H]2[C@H](C[C@H]1O[Si](C)(C)C(C)(C)C)O/C(=C\CCCC(=O)OC)[C@H]2OC(C)=O)O[Si](C)(C)C(C)(C)C. The molecule has 9 heteroatoms. The topological polar surface area (TPSA) is 80.3 Å². The standard InChI is InChI=1S/C35H64O7Si2/c1-14-15-16-19-26(41-43(10,11)34(3,4)5)22-23-27-29(42-44(12,13)35(6,7)8)24-30-32(27)33(39-25(2)36)28(40-30)20-17-18-21-31(37)38-9/h20,22-23,26-27,29-30,32-33H,14-19,21,24H2,1-13H3/b23-22+,28-20-/t26-,27-,29+,30-,32+,33+/m0/s1. The van der Waals surface area contributed by atoms with Crippen LogP contribution in [0.1, 0.15) is 107 Å². The van der Waals surface area contributed by atoms with Crippen molar-refractivity contribution in [3.63, 3.8) is 0 Å². The molecule has 1 aliphatic heterocycles. The molecule has 0 aromatic rings. The van der Waals surface area contributed by atoms with E-state index in [1.54, 1.807) is 0 Å². The second-order valence-electron chi connectivity index (χ2n) is 15.9. The van der Waals surface area contributed by atoms with E-state index < -0.39 is 22.7 Å². The number of carbonyl (C=O) groups excluding carboxylic acids is 2. The van der Waals surface area contributed by atoms with Crippen LogP contribution in [0.25, 0.3) is 0 Å². The first-order valence-electron chi connectivity index (χ1n) is 16.9. The highest BCUT2D eigenvalue weighted by molar-refractivity contribution is 6.74. The smallest absolute Gasteiger partial charge is 0.305 e. The average Bonchev–Trinajstić information content (AvgIpc) is 3.37. The Labute approximate surface area is 271 Å². The molecule has 0 aromatic heterocycles. The maximum absolute atomic E-state index is 12.4. The first kappa shape index (κ1) is 38.8. The Morgan fingerprint density at radius 1 is 1.00 bits per heavy atom. The molecule has 1 aliphatic carbocycles. The van der Waals surface area contributed by atoms with E-state index in [2.05, 4.69) is 86.8 Å². The summed E-state index contributed by atoms with van der Waals surface area (Å²) in [5, 5.41) is 0.178. The van der Waals surface area contributed by atoms with Crippen molar-refractivity contribution >= 4 is 28.6 Å². The van der Waals surface area contributed by atoms with E-state index in [1.807, 2.05) is 6.08 Å². The van der Waals surface area contributed by atoms with Crippen LogP contribution in [0.3, 0.4) is 0 Å². The van der Waals surface area contributed by atoms with Gasteiger partial charge in [-0.3, -0.25) is 9.59 Å². The van der Waals surface area contributed by atoms with E-state index in [0.29, 0.717) is 25.0 Å². The van der Waals surface area contributed by atoms with Crippen molar-refractivity contribution in [1.29, 1.82) is 0 Å². The van der Waals surface area contributed by atoms with Gasteiger partial charge in [-0.25, -0.2) is 0 Å². The lowest BCUT2D eigenvalue weighted by Crippen LogP contribution is -2.45. The van der Waals surface area contributed by atoms with Crippen LogP contribution in [0.2, 0.25) is 36.3 Å². The first-order chi connectivity index (χ1) is 20.2. The van der Waals surface area contributed by atoms with E-state index in [1.165, 1.54) is 26.9 Å². The zero-order valence-corrected chi connectivity index (χ0v) is 32.2. The summed E-state index contributed by atoms with van der Waals surface area (Å²) in [6.07, 6.45) is 12.8. The lowest BCUT2D eigenvalue weighted by Gasteiger charge is -2.40. The van der Waals surface area contributed by atoms with Gasteiger partial charge in [0.1, 0.15) is 11.9 Å². The number of rotatable bonds is 15. The molecule has 0 spiro atoms. The molecule has 1 saturated carbocycles. The lowest BCUT2D eigenvalue weighted by molar-refractivity contribution is -0.147. The molecular formula is C35H64O7Si2. The van der Waals surface area contributed by atoms with Gasteiger partial charge in [0.25, 0.3) is 0 Å². The summed E-state index contributed by atoms with van der Waals surface area (Å²) in [7, 11) is -2.69. The molecule has 6 atom stereocenters. The van der Waals surface area contributed by atoms with Crippen molar-refractivity contribution in [2.24, 2.45) is 11.8 Å². The molecule has 2 aliphatic rings. The van der Waals surface area contributed by atoms with Crippen molar-refractivity contribution in [2.45, 2.75) is 167 Å². The Bertz CT molecular complexity index is 1010. The highest BCUT2D eigenvalue weighted by atomic mass is 28.4. The van der Waals surface area contributed by atoms with Gasteiger partial charge in [-0.05, 0) is 61.6 Å². The number of unbranched alkanes of at least 4 members (excludes halogenated alkanes) is 3. The van der Waals surface area contributed by atoms with Gasteiger partial charge in [0.2, 0.25) is 0 Å². The van der Waals surface area contributed by atoms with Gasteiger partial charge >= 0.3 is 11.9 Å². The Morgan fingerprint density at radius 3 is 2.18 bits per heavy atom. The normalized spacial score (nSPS) is 26.1. The molecule has 0 amide bonds. The quantitative estimate of drug-likeness (QED) is 0.0755. The summed E-state index contributed by atoms with van der Waals surface area (Å²) >= 11 is 0. The Balaban J connectivity index is 2.47. The minimum absolute atomic E-state index is 0.0103. The van der Waals surface area contributed by atoms with Crippen LogP contribution in [0, 0.1) is 11.8 Å². The third-order valence-corrected chi connectivity index (χ3v) is 19.3. The summed E-state index contributed by atoms with van der Waals surface area (Å²) in [4.78, 5) is 24.0. The van der Waals surface area contributed by atoms with Gasteiger partial charge < -0.3 is 23.1 Å². The first-order valence-corrected chi connectivity index (χ1v) is 22.7. The molecular weight excluding hydrogens is 589 g/mol. The Morgan fingerprint density at radius 2 is 1.64 bits per heavy atom. The predicted molar refractivity (Wildman–Crippen MR) is 183 cm³/mol. The van der Waals surface area contributed by atoms with E-state index in [9.17, 15) is 9.59 Å². The zero-order valence-electron chi connectivity index (χ0n) is 30.2. The van der Waals surface area contributed by atoms with E-state index >= 15 is 0 Å². The lowest BCUT2D eigenvalue weighted by atomic mass is 9.88. The van der Waals surface area contributed by atoms with Crippen molar-refractivity contribution in [3.05, 3.63) is 24.0 Å². The number of carbonyl (C=O) groups is 2. The largest absolute Gasteiger partial charge is 0.491 e. The fourth-order valence-corrected chi connectivity index (χ4v) is 8.27. The molecule has 7 nitrogen and oxygen atoms in total. The molecule has 0 radical (unpaired) electrons. The number of fused-ring (bicyclic) bond motifs is 1. The van der Waals surface area contributed by atoms with Crippen molar-refractivity contribution < 1.29 is 32.7 Å². The molecule has 44 heavy (non-hydrogen) atoms. The highest BCUT2D eigenvalue weighted by Gasteiger charge is 2.57. The summed E-state index contributed by atoms with van der Waals surface area (Å²) in [6, 6.07) is 0. The summed E-state index contributed by atoms with van der Waals surface area (Å²) in [5.74, 6) is 0.0987. The van der Waals surface area contributed by atoms with E-state index in [4.69, 9.17) is 23.1 Å². The minimum Gasteiger partial charge on any atom is -0.491 e. The minimum atomic E-state index is -2.10. The molecule has 254 valence electrons. The summed E-state index contributed by atoms with van der Waals surface area (Å²) in [5.41, 5.74) is 0. The fraction of sp³-hybridized carbons (Fsp3) is 0.829. The van der Waals surface area contributed by atoms with Crippen LogP contribution < -0.4 is 0 Å². The monoisotopic (exact) mass is 652 g/mol. The predicted octanol–water partition coefficient (Wildman–Crippen LogP) is 9.10. The van der Waals surface area contributed by atoms with Crippen molar-refractivity contribution in [3.8, 4) is 0 Å². The van der Waals surface area contributed by atoms with Crippen LogP contribution in [-0.2, 0) is 32.7 Å². The van der Waals surface area contributed by atoms with Gasteiger partial charge in [-0.2, -0.15) is 0 Å². The van der Waals surface area contributed by atoms with Crippen molar-refractivity contribution in [2.75, 3.05) is 7.11 Å². The van der Waals surface area contributed by atoms with Gasteiger partial charge in [-0.1, -0.05) is 79.9 Å². The summed E-state index contributed by atoms with van der Waals surface area (Å²) < 4.78 is 31.4. The Hall–Kier alpha value is -1.43. The fourth-order valence-electron chi connectivity index (χ4n) is 5.60. The molecule has 0 unspecified atom stereocenters.